The van der Waals surface area contributed by atoms with Crippen LogP contribution < -0.4 is 11.1 Å². The molecule has 0 saturated carbocycles. The molecule has 2 heterocycles. The number of hydrogen-bond acceptors (Lipinski definition) is 4. The van der Waals surface area contributed by atoms with E-state index in [-0.39, 0.29) is 4.90 Å². The number of piperidine rings is 1. The SMILES string of the molecule is [2H]c1c([2H])c(N)c2c(c1[2H])C(=O)N([C@]1([2H])C(=O)NC(=C)C([2H])([2H])C1([2H])[2H])C2=O. The van der Waals surface area contributed by atoms with Crippen LogP contribution in [0, 0.1) is 0 Å². The Labute approximate surface area is 126 Å². The van der Waals surface area contributed by atoms with Gasteiger partial charge >= 0.3 is 0 Å². The minimum absolute atomic E-state index is 0.120. The van der Waals surface area contributed by atoms with Gasteiger partial charge in [0.05, 0.1) is 16.6 Å². The molecule has 0 unspecified atom stereocenters. The number of nitrogen functional groups attached to an aromatic ring is 1. The van der Waals surface area contributed by atoms with Gasteiger partial charge in [-0.1, -0.05) is 12.6 Å². The third-order valence-corrected chi connectivity index (χ3v) is 2.77. The van der Waals surface area contributed by atoms with Crippen LogP contribution in [0.1, 0.15) is 44.4 Å². The number of allylic oxidation sites excluding steroid dienone is 1. The maximum absolute atomic E-state index is 12.9. The van der Waals surface area contributed by atoms with E-state index in [0.717, 1.165) is 0 Å². The Morgan fingerprint density at radius 1 is 1.45 bits per heavy atom. The lowest BCUT2D eigenvalue weighted by atomic mass is 10.0. The summed E-state index contributed by atoms with van der Waals surface area (Å²) in [4.78, 5) is 38.1. The number of carbonyl (C=O) groups is 3. The molecule has 0 radical (unpaired) electrons. The number of imide groups is 1. The average Bonchev–Trinajstić information content (AvgIpc) is 2.86. The van der Waals surface area contributed by atoms with E-state index in [4.69, 9.17) is 16.7 Å². The number of nitrogens with two attached hydrogens (primary N) is 1. The quantitative estimate of drug-likeness (QED) is 0.583. The average molecular weight is 279 g/mol. The topological polar surface area (TPSA) is 92.5 Å². The van der Waals surface area contributed by atoms with Gasteiger partial charge in [-0.15, -0.1) is 0 Å². The van der Waals surface area contributed by atoms with Gasteiger partial charge in [0.2, 0.25) is 5.91 Å². The van der Waals surface area contributed by atoms with Crippen LogP contribution in [0.2, 0.25) is 0 Å². The van der Waals surface area contributed by atoms with Crippen molar-refractivity contribution in [1.82, 2.24) is 10.2 Å². The first-order chi connectivity index (χ1) is 12.6. The first-order valence-electron chi connectivity index (χ1n) is 9.43. The minimum atomic E-state index is -3.43. The predicted octanol–water partition coefficient (Wildman–Crippen LogP) is 0.657. The number of benzene rings is 1. The van der Waals surface area contributed by atoms with Crippen molar-refractivity contribution in [3.63, 3.8) is 0 Å². The van der Waals surface area contributed by atoms with Gasteiger partial charge in [-0.2, -0.15) is 0 Å². The summed E-state index contributed by atoms with van der Waals surface area (Å²) in [6.45, 7) is 3.22. The minimum Gasteiger partial charge on any atom is -0.398 e. The fourth-order valence-electron chi connectivity index (χ4n) is 1.90. The third-order valence-electron chi connectivity index (χ3n) is 2.77. The zero-order valence-electron chi connectivity index (χ0n) is 18.0. The van der Waals surface area contributed by atoms with Crippen LogP contribution in [0.3, 0.4) is 0 Å². The highest BCUT2D eigenvalue weighted by molar-refractivity contribution is 6.25. The number of carbonyl (C=O) groups excluding carboxylic acids is 3. The normalized spacial score (nSPS) is 36.5. The van der Waals surface area contributed by atoms with E-state index in [1.807, 2.05) is 5.32 Å². The number of hydrogen-bond donors (Lipinski definition) is 2. The molecular formula is C14H13N3O3. The van der Waals surface area contributed by atoms with E-state index in [0.29, 0.717) is 0 Å². The molecule has 0 aromatic heterocycles. The molecule has 1 aromatic carbocycles. The molecule has 6 nitrogen and oxygen atoms in total. The van der Waals surface area contributed by atoms with Crippen LogP contribution in [0.25, 0.3) is 0 Å². The third kappa shape index (κ3) is 1.61. The highest BCUT2D eigenvalue weighted by atomic mass is 16.2. The molecule has 1 fully saturated rings. The Balaban J connectivity index is 2.31. The van der Waals surface area contributed by atoms with Crippen molar-refractivity contribution in [2.75, 3.05) is 5.73 Å². The summed E-state index contributed by atoms with van der Waals surface area (Å²) in [5.41, 5.74) is 2.87. The summed E-state index contributed by atoms with van der Waals surface area (Å²) in [7, 11) is 0. The molecule has 0 aliphatic carbocycles. The van der Waals surface area contributed by atoms with Crippen LogP contribution in [0.4, 0.5) is 5.69 Å². The maximum Gasteiger partial charge on any atom is 0.264 e. The van der Waals surface area contributed by atoms with Crippen molar-refractivity contribution in [2.24, 2.45) is 0 Å². The van der Waals surface area contributed by atoms with Crippen LogP contribution >= 0.6 is 0 Å². The first-order valence-corrected chi connectivity index (χ1v) is 5.43. The lowest BCUT2D eigenvalue weighted by Gasteiger charge is -2.29. The molecule has 0 bridgehead atoms. The van der Waals surface area contributed by atoms with Crippen LogP contribution in [-0.4, -0.2) is 28.6 Å². The Kier molecular flexibility index (Phi) is 1.30. The highest BCUT2D eigenvalue weighted by Crippen LogP contribution is 2.31. The van der Waals surface area contributed by atoms with Gasteiger partial charge in [0, 0.05) is 16.9 Å². The van der Waals surface area contributed by atoms with E-state index >= 15 is 0 Å². The molecule has 102 valence electrons. The maximum atomic E-state index is 12.9. The number of amides is 3. The number of nitrogens with one attached hydrogen (secondary N) is 1. The van der Waals surface area contributed by atoms with Crippen molar-refractivity contribution >= 4 is 23.4 Å². The molecule has 1 saturated heterocycles. The van der Waals surface area contributed by atoms with E-state index in [2.05, 4.69) is 6.58 Å². The smallest absolute Gasteiger partial charge is 0.264 e. The van der Waals surface area contributed by atoms with Crippen molar-refractivity contribution in [2.45, 2.75) is 18.8 Å². The molecule has 6 heteroatoms. The van der Waals surface area contributed by atoms with Gasteiger partial charge in [-0.3, -0.25) is 19.3 Å². The van der Waals surface area contributed by atoms with Crippen molar-refractivity contribution < 1.29 is 25.3 Å². The lowest BCUT2D eigenvalue weighted by molar-refractivity contribution is -0.125. The van der Waals surface area contributed by atoms with Crippen molar-refractivity contribution in [3.8, 4) is 0 Å². The Morgan fingerprint density at radius 2 is 2.20 bits per heavy atom. The molecule has 0 spiro atoms. The summed E-state index contributed by atoms with van der Waals surface area (Å²) in [5, 5.41) is 1.88. The highest BCUT2D eigenvalue weighted by Gasteiger charge is 2.44. The van der Waals surface area contributed by atoms with Gasteiger partial charge in [-0.05, 0) is 24.8 Å². The monoisotopic (exact) mass is 279 g/mol. The van der Waals surface area contributed by atoms with Gasteiger partial charge in [-0.25, -0.2) is 0 Å². The van der Waals surface area contributed by atoms with Crippen LogP contribution in [0.15, 0.2) is 30.4 Å². The molecular weight excluding hydrogens is 258 g/mol. The fourth-order valence-corrected chi connectivity index (χ4v) is 1.90. The molecule has 3 amide bonds. The second kappa shape index (κ2) is 4.19. The summed E-state index contributed by atoms with van der Waals surface area (Å²) in [6, 6.07) is -5.74. The lowest BCUT2D eigenvalue weighted by Crippen LogP contribution is -2.51. The summed E-state index contributed by atoms with van der Waals surface area (Å²) < 4.78 is 63.5. The van der Waals surface area contributed by atoms with Crippen molar-refractivity contribution in [3.05, 3.63) is 41.5 Å². The number of nitrogens with zero attached hydrogens (tertiary/aromatic N) is 1. The van der Waals surface area contributed by atoms with Crippen LogP contribution in [0.5, 0.6) is 0 Å². The Morgan fingerprint density at radius 3 is 2.95 bits per heavy atom. The summed E-state index contributed by atoms with van der Waals surface area (Å²) >= 11 is 0. The molecule has 2 aliphatic rings. The second-order valence-electron chi connectivity index (χ2n) is 4.02. The molecule has 2 aliphatic heterocycles. The van der Waals surface area contributed by atoms with E-state index in [9.17, 15) is 14.4 Å². The molecule has 3 rings (SSSR count). The zero-order chi connectivity index (χ0) is 21.6. The zero-order valence-corrected chi connectivity index (χ0v) is 9.96. The number of anilines is 1. The van der Waals surface area contributed by atoms with Gasteiger partial charge < -0.3 is 11.1 Å². The molecule has 3 N–H and O–H groups in total. The summed E-state index contributed by atoms with van der Waals surface area (Å²) in [5.74, 6) is -4.41. The largest absolute Gasteiger partial charge is 0.398 e. The number of fused-ring (bicyclic) bond motifs is 1. The van der Waals surface area contributed by atoms with Crippen LogP contribution in [-0.2, 0) is 4.79 Å². The van der Waals surface area contributed by atoms with Gasteiger partial charge in [0.15, 0.2) is 0 Å². The van der Waals surface area contributed by atoms with Gasteiger partial charge in [0.1, 0.15) is 6.02 Å². The predicted molar refractivity (Wildman–Crippen MR) is 71.7 cm³/mol. The van der Waals surface area contributed by atoms with Crippen molar-refractivity contribution in [1.29, 1.82) is 0 Å². The Bertz CT molecular complexity index is 961. The number of rotatable bonds is 1. The van der Waals surface area contributed by atoms with E-state index in [1.54, 1.807) is 0 Å². The van der Waals surface area contributed by atoms with Gasteiger partial charge in [0.25, 0.3) is 11.8 Å². The standard InChI is InChI=1S/C14H13N3O3/c1-7-5-6-10(12(18)16-7)17-13(19)8-3-2-4-9(15)11(8)14(17)20/h2-4,10H,1,5-6,15H2,(H,16,18)/t10-/m0/s1/i2D,3D,4D,5D2,6D2,10D. The molecule has 1 atom stereocenters. The Hall–Kier alpha value is -2.63. The summed E-state index contributed by atoms with van der Waals surface area (Å²) in [6.07, 6.45) is -6.47. The first kappa shape index (κ1) is 6.21. The fraction of sp³-hybridized carbons (Fsp3) is 0.214. The second-order valence-corrected chi connectivity index (χ2v) is 4.02. The van der Waals surface area contributed by atoms with E-state index in [1.165, 1.54) is 0 Å². The molecule has 20 heavy (non-hydrogen) atoms. The molecule has 1 aromatic rings. The van der Waals surface area contributed by atoms with E-state index < -0.39 is 77.1 Å².